The number of allylic oxidation sites excluding steroid dienone is 2. The average molecular weight is 606 g/mol. The zero-order valence-electron chi connectivity index (χ0n) is 23.0. The molecule has 2 N–H and O–H groups in total. The quantitative estimate of drug-likeness (QED) is 0.191. The Kier molecular flexibility index (Phi) is 9.51. The minimum absolute atomic E-state index is 0.273. The van der Waals surface area contributed by atoms with Gasteiger partial charge in [0.25, 0.3) is 0 Å². The highest BCUT2D eigenvalue weighted by molar-refractivity contribution is 6.35. The highest BCUT2D eigenvalue weighted by Crippen LogP contribution is 2.30. The van der Waals surface area contributed by atoms with E-state index >= 15 is 0 Å². The maximum Gasteiger partial charge on any atom is 0.326 e. The molecule has 11 heteroatoms. The minimum Gasteiger partial charge on any atom is -0.457 e. The van der Waals surface area contributed by atoms with E-state index in [0.29, 0.717) is 21.6 Å². The second-order valence-electron chi connectivity index (χ2n) is 10.1. The van der Waals surface area contributed by atoms with Crippen LogP contribution in [-0.4, -0.2) is 32.6 Å². The van der Waals surface area contributed by atoms with Gasteiger partial charge in [0.2, 0.25) is 0 Å². The van der Waals surface area contributed by atoms with Crippen molar-refractivity contribution in [2.45, 2.75) is 51.7 Å². The third-order valence-corrected chi connectivity index (χ3v) is 7.39. The molecule has 42 heavy (non-hydrogen) atoms. The summed E-state index contributed by atoms with van der Waals surface area (Å²) >= 11 is 12.3. The number of nitrogens with zero attached hydrogens (tertiary/aromatic N) is 4. The van der Waals surface area contributed by atoms with Gasteiger partial charge in [-0.25, -0.2) is 4.79 Å². The molecule has 0 saturated heterocycles. The molecule has 0 aliphatic heterocycles. The van der Waals surface area contributed by atoms with Crippen LogP contribution >= 0.6 is 23.2 Å². The Morgan fingerprint density at radius 3 is 2.38 bits per heavy atom. The van der Waals surface area contributed by atoms with Gasteiger partial charge in [0.05, 0.1) is 13.0 Å². The van der Waals surface area contributed by atoms with E-state index in [-0.39, 0.29) is 19.0 Å². The maximum atomic E-state index is 13.6. The number of H-pyrrole nitrogens is 1. The molecule has 1 atom stereocenters. The lowest BCUT2D eigenvalue weighted by Crippen LogP contribution is -2.34. The number of amides is 2. The molecular weight excluding hydrogens is 575 g/mol. The number of carbonyl (C=O) groups is 2. The van der Waals surface area contributed by atoms with Gasteiger partial charge < -0.3 is 10.1 Å². The molecule has 0 radical (unpaired) electrons. The molecule has 1 aliphatic carbocycles. The third kappa shape index (κ3) is 7.74. The Morgan fingerprint density at radius 1 is 1.02 bits per heavy atom. The first-order valence-electron chi connectivity index (χ1n) is 13.7. The van der Waals surface area contributed by atoms with E-state index in [4.69, 9.17) is 27.9 Å². The molecule has 1 unspecified atom stereocenters. The molecule has 0 saturated carbocycles. The first kappa shape index (κ1) is 29.3. The second kappa shape index (κ2) is 13.6. The molecule has 1 aromatic heterocycles. The van der Waals surface area contributed by atoms with Crippen LogP contribution in [0.3, 0.4) is 0 Å². The van der Waals surface area contributed by atoms with Crippen LogP contribution in [0.1, 0.15) is 61.2 Å². The van der Waals surface area contributed by atoms with E-state index < -0.39 is 12.1 Å². The number of ether oxygens (including phenoxy) is 1. The van der Waals surface area contributed by atoms with Gasteiger partial charge in [0.1, 0.15) is 6.10 Å². The van der Waals surface area contributed by atoms with Crippen LogP contribution in [-0.2, 0) is 22.5 Å². The molecule has 4 aromatic rings. The van der Waals surface area contributed by atoms with Crippen LogP contribution in [0.25, 0.3) is 5.57 Å². The number of anilines is 2. The molecule has 1 aliphatic rings. The predicted molar refractivity (Wildman–Crippen MR) is 163 cm³/mol. The Balaban J connectivity index is 1.39. The molecule has 0 bridgehead atoms. The van der Waals surface area contributed by atoms with E-state index in [1.807, 2.05) is 36.4 Å². The number of esters is 1. The number of hydrogen-bond acceptors (Lipinski definition) is 6. The van der Waals surface area contributed by atoms with Gasteiger partial charge >= 0.3 is 12.0 Å². The van der Waals surface area contributed by atoms with Crippen LogP contribution in [0.5, 0.6) is 0 Å². The Bertz CT molecular complexity index is 1540. The van der Waals surface area contributed by atoms with Gasteiger partial charge in [-0.2, -0.15) is 5.21 Å². The molecule has 216 valence electrons. The van der Waals surface area contributed by atoms with Crippen molar-refractivity contribution in [2.24, 2.45) is 0 Å². The largest absolute Gasteiger partial charge is 0.457 e. The monoisotopic (exact) mass is 604 g/mol. The lowest BCUT2D eigenvalue weighted by atomic mass is 9.93. The van der Waals surface area contributed by atoms with Gasteiger partial charge in [0, 0.05) is 28.3 Å². The summed E-state index contributed by atoms with van der Waals surface area (Å²) in [7, 11) is 0. The SMILES string of the molecule is CC(=O)OC(Cc1nn[nH]n1)c1ccc(CN(C(=O)Nc2cc(Cl)cc(Cl)c2)c2ccc(C3=CCCCC3)cc2)cc1. The van der Waals surface area contributed by atoms with Gasteiger partial charge in [-0.15, -0.1) is 10.2 Å². The summed E-state index contributed by atoms with van der Waals surface area (Å²) in [4.78, 5) is 27.1. The fourth-order valence-electron chi connectivity index (χ4n) is 4.94. The van der Waals surface area contributed by atoms with Crippen LogP contribution in [0, 0.1) is 0 Å². The molecule has 5 rings (SSSR count). The molecule has 3 aromatic carbocycles. The molecule has 1 heterocycles. The van der Waals surface area contributed by atoms with Crippen molar-refractivity contribution in [3.8, 4) is 0 Å². The average Bonchev–Trinajstić information content (AvgIpc) is 3.49. The van der Waals surface area contributed by atoms with Crippen molar-refractivity contribution in [3.05, 3.63) is 105 Å². The van der Waals surface area contributed by atoms with E-state index in [1.165, 1.54) is 30.9 Å². The van der Waals surface area contributed by atoms with Gasteiger partial charge in [-0.3, -0.25) is 9.69 Å². The van der Waals surface area contributed by atoms with Crippen LogP contribution < -0.4 is 10.2 Å². The van der Waals surface area contributed by atoms with E-state index in [9.17, 15) is 9.59 Å². The van der Waals surface area contributed by atoms with Crippen LogP contribution in [0.15, 0.2) is 72.8 Å². The fraction of sp³-hybridized carbons (Fsp3) is 0.258. The number of nitrogens with one attached hydrogen (secondary N) is 2. The van der Waals surface area contributed by atoms with E-state index in [1.54, 1.807) is 23.1 Å². The van der Waals surface area contributed by atoms with E-state index in [2.05, 4.69) is 44.1 Å². The smallest absolute Gasteiger partial charge is 0.326 e. The lowest BCUT2D eigenvalue weighted by molar-refractivity contribution is -0.146. The maximum absolute atomic E-state index is 13.6. The summed E-state index contributed by atoms with van der Waals surface area (Å²) in [5.41, 5.74) is 5.39. The predicted octanol–water partition coefficient (Wildman–Crippen LogP) is 7.55. The first-order valence-corrected chi connectivity index (χ1v) is 14.4. The number of tetrazole rings is 1. The zero-order valence-corrected chi connectivity index (χ0v) is 24.5. The van der Waals surface area contributed by atoms with Crippen LogP contribution in [0.4, 0.5) is 16.2 Å². The summed E-state index contributed by atoms with van der Waals surface area (Å²) in [6, 6.07) is 20.2. The number of aromatic nitrogens is 4. The van der Waals surface area contributed by atoms with Crippen molar-refractivity contribution < 1.29 is 14.3 Å². The zero-order chi connectivity index (χ0) is 29.5. The Hall–Kier alpha value is -4.21. The van der Waals surface area contributed by atoms with Crippen molar-refractivity contribution in [3.63, 3.8) is 0 Å². The fourth-order valence-corrected chi connectivity index (χ4v) is 5.46. The highest BCUT2D eigenvalue weighted by Gasteiger charge is 2.21. The Labute approximate surface area is 253 Å². The van der Waals surface area contributed by atoms with Crippen molar-refractivity contribution >= 4 is 52.2 Å². The normalized spacial score (nSPS) is 13.6. The number of urea groups is 1. The molecule has 2 amide bonds. The van der Waals surface area contributed by atoms with Crippen molar-refractivity contribution in [1.82, 2.24) is 20.6 Å². The number of carbonyl (C=O) groups excluding carboxylic acids is 2. The summed E-state index contributed by atoms with van der Waals surface area (Å²) in [5, 5.41) is 17.7. The van der Waals surface area contributed by atoms with Crippen LogP contribution in [0.2, 0.25) is 10.0 Å². The minimum atomic E-state index is -0.581. The standard InChI is InChI=1S/C31H30Cl2N6O3/c1-20(40)42-29(18-30-35-37-38-36-30)24-9-7-21(8-10-24)19-39(31(41)34-27-16-25(32)15-26(33)17-27)28-13-11-23(12-14-28)22-5-3-2-4-6-22/h5,7-17,29H,2-4,6,18-19H2,1H3,(H,34,41)(H,35,36,37,38). The number of benzene rings is 3. The summed E-state index contributed by atoms with van der Waals surface area (Å²) < 4.78 is 5.52. The molecule has 0 spiro atoms. The van der Waals surface area contributed by atoms with E-state index in [0.717, 1.165) is 29.7 Å². The molecule has 9 nitrogen and oxygen atoms in total. The lowest BCUT2D eigenvalue weighted by Gasteiger charge is -2.25. The summed E-state index contributed by atoms with van der Waals surface area (Å²) in [6.07, 6.45) is 6.56. The van der Waals surface area contributed by atoms with Gasteiger partial charge in [-0.05, 0) is 78.3 Å². The topological polar surface area (TPSA) is 113 Å². The number of hydrogen-bond donors (Lipinski definition) is 2. The van der Waals surface area contributed by atoms with Crippen molar-refractivity contribution in [2.75, 3.05) is 10.2 Å². The third-order valence-electron chi connectivity index (χ3n) is 6.96. The highest BCUT2D eigenvalue weighted by atomic mass is 35.5. The second-order valence-corrected chi connectivity index (χ2v) is 10.9. The summed E-state index contributed by atoms with van der Waals surface area (Å²) in [6.45, 7) is 1.64. The molecular formula is C31H30Cl2N6O3. The molecule has 0 fully saturated rings. The first-order chi connectivity index (χ1) is 20.3. The van der Waals surface area contributed by atoms with Gasteiger partial charge in [0.15, 0.2) is 5.82 Å². The number of halogens is 2. The number of rotatable bonds is 9. The summed E-state index contributed by atoms with van der Waals surface area (Å²) in [5.74, 6) is 0.0192. The van der Waals surface area contributed by atoms with Crippen molar-refractivity contribution in [1.29, 1.82) is 0 Å². The Morgan fingerprint density at radius 2 is 1.76 bits per heavy atom. The number of aromatic amines is 1. The van der Waals surface area contributed by atoms with Gasteiger partial charge in [-0.1, -0.05) is 70.9 Å².